The van der Waals surface area contributed by atoms with Crippen molar-refractivity contribution in [3.8, 4) is 5.75 Å². The summed E-state index contributed by atoms with van der Waals surface area (Å²) < 4.78 is 20.1. The number of aliphatic hydroxyl groups is 1. The van der Waals surface area contributed by atoms with Crippen molar-refractivity contribution < 1.29 is 14.2 Å². The largest absolute Gasteiger partial charge is 0.492 e. The van der Waals surface area contributed by atoms with Crippen molar-refractivity contribution in [2.75, 3.05) is 37.7 Å². The molecular formula is C25H31FN2O2. The lowest BCUT2D eigenvalue weighted by Crippen LogP contribution is -2.43. The van der Waals surface area contributed by atoms with Crippen LogP contribution in [0.15, 0.2) is 54.1 Å². The van der Waals surface area contributed by atoms with Gasteiger partial charge in [-0.2, -0.15) is 0 Å². The van der Waals surface area contributed by atoms with E-state index in [1.165, 1.54) is 11.6 Å². The van der Waals surface area contributed by atoms with Crippen LogP contribution in [0, 0.1) is 5.82 Å². The first-order valence-electron chi connectivity index (χ1n) is 10.8. The molecule has 1 fully saturated rings. The molecule has 160 valence electrons. The van der Waals surface area contributed by atoms with Crippen LogP contribution < -0.4 is 9.64 Å². The first-order chi connectivity index (χ1) is 14.5. The number of piperidine rings is 1. The number of halogens is 1. The molecule has 2 aromatic rings. The predicted molar refractivity (Wildman–Crippen MR) is 118 cm³/mol. The monoisotopic (exact) mass is 410 g/mol. The lowest BCUT2D eigenvalue weighted by Gasteiger charge is -2.40. The van der Waals surface area contributed by atoms with E-state index in [-0.39, 0.29) is 5.82 Å². The Morgan fingerprint density at radius 1 is 1.17 bits per heavy atom. The van der Waals surface area contributed by atoms with Gasteiger partial charge in [-0.15, -0.1) is 0 Å². The summed E-state index contributed by atoms with van der Waals surface area (Å²) in [5.74, 6) is 0.702. The zero-order chi connectivity index (χ0) is 21.1. The van der Waals surface area contributed by atoms with Crippen molar-refractivity contribution in [3.63, 3.8) is 0 Å². The number of hydrogen-bond acceptors (Lipinski definition) is 4. The van der Waals surface area contributed by atoms with Crippen LogP contribution in [0.4, 0.5) is 10.1 Å². The fraction of sp³-hybridized carbons (Fsp3) is 0.440. The number of allylic oxidation sites excluding steroid dienone is 1. The molecule has 0 amide bonds. The number of nitrogens with zero attached hydrogens (tertiary/aromatic N) is 2. The van der Waals surface area contributed by atoms with Gasteiger partial charge < -0.3 is 14.7 Å². The van der Waals surface area contributed by atoms with Crippen molar-refractivity contribution >= 4 is 5.69 Å². The zero-order valence-corrected chi connectivity index (χ0v) is 17.9. The topological polar surface area (TPSA) is 35.9 Å². The summed E-state index contributed by atoms with van der Waals surface area (Å²) in [6.07, 6.45) is 3.29. The quantitative estimate of drug-likeness (QED) is 0.755. The van der Waals surface area contributed by atoms with E-state index in [2.05, 4.69) is 30.9 Å². The Morgan fingerprint density at radius 3 is 2.67 bits per heavy atom. The van der Waals surface area contributed by atoms with Gasteiger partial charge in [0.25, 0.3) is 0 Å². The lowest BCUT2D eigenvalue weighted by molar-refractivity contribution is 0.0115. The summed E-state index contributed by atoms with van der Waals surface area (Å²) in [6.45, 7) is 8.75. The van der Waals surface area contributed by atoms with Crippen LogP contribution in [0.1, 0.15) is 37.8 Å². The fourth-order valence-electron chi connectivity index (χ4n) is 4.43. The molecule has 0 bridgehead atoms. The SMILES string of the molecule is CC=C(C)CN1CCOc2ccc(C3(O)CCN(c4ccccc4F)CC3)cc2C1. The third kappa shape index (κ3) is 4.37. The molecular weight excluding hydrogens is 379 g/mol. The number of rotatable bonds is 4. The van der Waals surface area contributed by atoms with E-state index in [4.69, 9.17) is 4.74 Å². The number of anilines is 1. The van der Waals surface area contributed by atoms with Gasteiger partial charge in [0.1, 0.15) is 18.2 Å². The molecule has 0 spiro atoms. The third-order valence-electron chi connectivity index (χ3n) is 6.41. The normalized spacial score (nSPS) is 19.7. The standard InChI is InChI=1S/C25H31FN2O2/c1-3-19(2)17-27-14-15-30-24-9-8-21(16-20(24)18-27)25(29)10-12-28(13-11-25)23-7-5-4-6-22(23)26/h3-9,16,29H,10-15,17-18H2,1-2H3. The lowest BCUT2D eigenvalue weighted by atomic mass is 9.83. The maximum Gasteiger partial charge on any atom is 0.146 e. The second-order valence-corrected chi connectivity index (χ2v) is 8.49. The summed E-state index contributed by atoms with van der Waals surface area (Å²) >= 11 is 0. The van der Waals surface area contributed by atoms with E-state index in [9.17, 15) is 9.50 Å². The van der Waals surface area contributed by atoms with Crippen molar-refractivity contribution in [1.29, 1.82) is 0 Å². The molecule has 2 aromatic carbocycles. The highest BCUT2D eigenvalue weighted by molar-refractivity contribution is 5.49. The Bertz CT molecular complexity index is 919. The highest BCUT2D eigenvalue weighted by atomic mass is 19.1. The van der Waals surface area contributed by atoms with Gasteiger partial charge in [-0.25, -0.2) is 4.39 Å². The Kier molecular flexibility index (Phi) is 6.11. The Hall–Kier alpha value is -2.37. The number of fused-ring (bicyclic) bond motifs is 1. The van der Waals surface area contributed by atoms with Gasteiger partial charge in [-0.3, -0.25) is 4.90 Å². The fourth-order valence-corrected chi connectivity index (χ4v) is 4.43. The van der Waals surface area contributed by atoms with E-state index < -0.39 is 5.60 Å². The van der Waals surface area contributed by atoms with Crippen LogP contribution in [0.25, 0.3) is 0 Å². The Labute approximate surface area is 178 Å². The second kappa shape index (κ2) is 8.78. The Morgan fingerprint density at radius 2 is 1.93 bits per heavy atom. The van der Waals surface area contributed by atoms with Crippen LogP contribution in [-0.2, 0) is 12.1 Å². The molecule has 0 aliphatic carbocycles. The molecule has 4 rings (SSSR count). The van der Waals surface area contributed by atoms with Crippen molar-refractivity contribution in [2.45, 2.75) is 38.8 Å². The minimum Gasteiger partial charge on any atom is -0.492 e. The van der Waals surface area contributed by atoms with Gasteiger partial charge in [0.2, 0.25) is 0 Å². The molecule has 0 atom stereocenters. The third-order valence-corrected chi connectivity index (χ3v) is 6.41. The molecule has 30 heavy (non-hydrogen) atoms. The molecule has 0 unspecified atom stereocenters. The summed E-state index contributed by atoms with van der Waals surface area (Å²) in [4.78, 5) is 4.41. The molecule has 2 aliphatic rings. The maximum atomic E-state index is 14.1. The number of benzene rings is 2. The van der Waals surface area contributed by atoms with E-state index in [0.29, 0.717) is 38.2 Å². The molecule has 0 aromatic heterocycles. The van der Waals surface area contributed by atoms with Crippen molar-refractivity contribution in [3.05, 3.63) is 71.1 Å². The maximum absolute atomic E-state index is 14.1. The van der Waals surface area contributed by atoms with E-state index in [0.717, 1.165) is 36.5 Å². The molecule has 2 heterocycles. The van der Waals surface area contributed by atoms with Gasteiger partial charge in [0.05, 0.1) is 11.3 Å². The number of hydrogen-bond donors (Lipinski definition) is 1. The molecule has 4 nitrogen and oxygen atoms in total. The second-order valence-electron chi connectivity index (χ2n) is 8.49. The summed E-state index contributed by atoms with van der Waals surface area (Å²) in [7, 11) is 0. The summed E-state index contributed by atoms with van der Waals surface area (Å²) in [5.41, 5.74) is 3.12. The minimum absolute atomic E-state index is 0.207. The van der Waals surface area contributed by atoms with Crippen LogP contribution in [0.3, 0.4) is 0 Å². The molecule has 2 aliphatic heterocycles. The van der Waals surface area contributed by atoms with E-state index in [1.54, 1.807) is 12.1 Å². The molecule has 5 heteroatoms. The van der Waals surface area contributed by atoms with Gasteiger partial charge in [0, 0.05) is 38.3 Å². The van der Waals surface area contributed by atoms with Gasteiger partial charge in [0.15, 0.2) is 0 Å². The van der Waals surface area contributed by atoms with Crippen LogP contribution in [-0.4, -0.2) is 42.8 Å². The van der Waals surface area contributed by atoms with Gasteiger partial charge in [-0.05, 0) is 56.5 Å². The minimum atomic E-state index is -0.896. The van der Waals surface area contributed by atoms with Crippen LogP contribution >= 0.6 is 0 Å². The van der Waals surface area contributed by atoms with E-state index in [1.807, 2.05) is 23.1 Å². The average Bonchev–Trinajstić information content (AvgIpc) is 2.96. The predicted octanol–water partition coefficient (Wildman–Crippen LogP) is 4.47. The van der Waals surface area contributed by atoms with Crippen molar-refractivity contribution in [2.24, 2.45) is 0 Å². The molecule has 0 saturated carbocycles. The smallest absolute Gasteiger partial charge is 0.146 e. The number of ether oxygens (including phenoxy) is 1. The van der Waals surface area contributed by atoms with Crippen LogP contribution in [0.5, 0.6) is 5.75 Å². The van der Waals surface area contributed by atoms with Crippen LogP contribution in [0.2, 0.25) is 0 Å². The number of para-hydroxylation sites is 1. The van der Waals surface area contributed by atoms with Gasteiger partial charge >= 0.3 is 0 Å². The zero-order valence-electron chi connectivity index (χ0n) is 17.9. The first kappa shape index (κ1) is 20.9. The van der Waals surface area contributed by atoms with Crippen molar-refractivity contribution in [1.82, 2.24) is 4.90 Å². The highest BCUT2D eigenvalue weighted by Gasteiger charge is 2.35. The van der Waals surface area contributed by atoms with Gasteiger partial charge in [-0.1, -0.05) is 29.8 Å². The first-order valence-corrected chi connectivity index (χ1v) is 10.8. The summed E-state index contributed by atoms with van der Waals surface area (Å²) in [6, 6.07) is 13.0. The van der Waals surface area contributed by atoms with E-state index >= 15 is 0 Å². The summed E-state index contributed by atoms with van der Waals surface area (Å²) in [5, 5.41) is 11.4. The molecule has 1 saturated heterocycles. The molecule has 1 N–H and O–H groups in total. The molecule has 0 radical (unpaired) electrons. The highest BCUT2D eigenvalue weighted by Crippen LogP contribution is 2.37. The Balaban J connectivity index is 1.50. The average molecular weight is 411 g/mol.